The maximum Gasteiger partial charge on any atom is 0.459 e. The van der Waals surface area contributed by atoms with Gasteiger partial charge >= 0.3 is 19.4 Å². The summed E-state index contributed by atoms with van der Waals surface area (Å²) in [5.74, 6) is -1.26. The van der Waals surface area contributed by atoms with Gasteiger partial charge in [0.05, 0.1) is 30.3 Å². The maximum absolute atomic E-state index is 15.8. The molecule has 1 saturated heterocycles. The van der Waals surface area contributed by atoms with E-state index in [0.29, 0.717) is 0 Å². The average molecular weight is 555 g/mol. The molecule has 12 nitrogen and oxygen atoms in total. The topological polar surface area (TPSA) is 158 Å². The predicted molar refractivity (Wildman–Crippen MR) is 132 cm³/mol. The minimum Gasteiger partial charge on any atom is -0.462 e. The highest BCUT2D eigenvalue weighted by Crippen LogP contribution is 2.74. The third-order valence-electron chi connectivity index (χ3n) is 7.06. The molecule has 2 heterocycles. The van der Waals surface area contributed by atoms with Crippen LogP contribution in [0.15, 0.2) is 52.2 Å². The first-order chi connectivity index (χ1) is 17.9. The number of esters is 1. The molecule has 1 aromatic carbocycles. The van der Waals surface area contributed by atoms with E-state index < -0.39 is 73.1 Å². The quantitative estimate of drug-likeness (QED) is 0.276. The van der Waals surface area contributed by atoms with Gasteiger partial charge in [-0.25, -0.2) is 13.8 Å². The van der Waals surface area contributed by atoms with Gasteiger partial charge in [-0.05, 0) is 39.8 Å². The number of hydrogen-bond donors (Lipinski definition) is 3. The number of carbonyl (C=O) groups is 1. The molecule has 1 aliphatic heterocycles. The van der Waals surface area contributed by atoms with Crippen LogP contribution in [0.2, 0.25) is 0 Å². The zero-order valence-corrected chi connectivity index (χ0v) is 22.2. The normalized spacial score (nSPS) is 30.3. The summed E-state index contributed by atoms with van der Waals surface area (Å²) in [7, 11) is -4.23. The number of hydrogen-bond acceptors (Lipinski definition) is 9. The Balaban J connectivity index is 1.53. The van der Waals surface area contributed by atoms with E-state index in [1.54, 1.807) is 51.1 Å². The van der Waals surface area contributed by atoms with Crippen LogP contribution < -0.4 is 20.9 Å². The van der Waals surface area contributed by atoms with Gasteiger partial charge in [0.1, 0.15) is 11.8 Å². The number of aromatic amines is 1. The SMILES string of the molecule is CC(C)OC(=O)[C@H](C)NP(=O)(OC[C@H]1C2(C)O[C@@H](n3ccc(=O)[nH]c3=O)C(F)C12CO)Oc1ccccc1. The second kappa shape index (κ2) is 10.4. The third kappa shape index (κ3) is 4.96. The van der Waals surface area contributed by atoms with Gasteiger partial charge in [-0.3, -0.25) is 23.7 Å². The minimum atomic E-state index is -4.23. The van der Waals surface area contributed by atoms with Crippen LogP contribution in [-0.4, -0.2) is 57.8 Å². The van der Waals surface area contributed by atoms with Crippen molar-refractivity contribution in [1.29, 1.82) is 0 Å². The lowest BCUT2D eigenvalue weighted by atomic mass is 9.96. The number of H-pyrrole nitrogens is 1. The van der Waals surface area contributed by atoms with Crippen LogP contribution in [0.4, 0.5) is 4.39 Å². The van der Waals surface area contributed by atoms with Crippen LogP contribution in [-0.2, 0) is 23.4 Å². The van der Waals surface area contributed by atoms with E-state index in [1.165, 1.54) is 6.92 Å². The Morgan fingerprint density at radius 2 is 1.95 bits per heavy atom. The van der Waals surface area contributed by atoms with Crippen molar-refractivity contribution in [2.45, 2.75) is 57.8 Å². The second-order valence-electron chi connectivity index (χ2n) is 9.82. The highest BCUT2D eigenvalue weighted by atomic mass is 31.2. The van der Waals surface area contributed by atoms with E-state index in [0.717, 1.165) is 16.8 Å². The number of para-hydroxylation sites is 1. The van der Waals surface area contributed by atoms with Crippen molar-refractivity contribution in [3.05, 3.63) is 63.4 Å². The fourth-order valence-electron chi connectivity index (χ4n) is 5.01. The van der Waals surface area contributed by atoms with Gasteiger partial charge in [-0.2, -0.15) is 5.09 Å². The first-order valence-corrected chi connectivity index (χ1v) is 13.6. The molecule has 1 saturated carbocycles. The lowest BCUT2D eigenvalue weighted by Gasteiger charge is -2.26. The Hall–Kier alpha value is -2.83. The van der Waals surface area contributed by atoms with Crippen LogP contribution in [0.1, 0.15) is 33.9 Å². The van der Waals surface area contributed by atoms with Crippen LogP contribution >= 0.6 is 7.75 Å². The molecule has 1 aromatic heterocycles. The third-order valence-corrected chi connectivity index (χ3v) is 8.70. The van der Waals surface area contributed by atoms with Crippen LogP contribution in [0.5, 0.6) is 5.75 Å². The Labute approximate surface area is 217 Å². The standard InChI is InChI=1S/C24H31FN3O9P/c1-14(2)35-21(31)15(3)27-38(33,37-16-8-6-5-7-9-16)34-12-17-23(4)24(17,13-29)19(25)20(36-23)28-11-10-18(30)26-22(28)32/h5-11,14-15,17,19-20,29H,12-13H2,1-4H3,(H,27,33)(H,26,30,32)/t15-,17-,19?,20+,23?,24?,38?/m0/s1. The molecular weight excluding hydrogens is 524 g/mol. The largest absolute Gasteiger partial charge is 0.462 e. The lowest BCUT2D eigenvalue weighted by Crippen LogP contribution is -2.39. The van der Waals surface area contributed by atoms with Gasteiger partial charge in [-0.15, -0.1) is 0 Å². The molecule has 0 bridgehead atoms. The molecule has 0 radical (unpaired) electrons. The molecule has 2 fully saturated rings. The highest BCUT2D eigenvalue weighted by molar-refractivity contribution is 7.52. The summed E-state index contributed by atoms with van der Waals surface area (Å²) in [6.45, 7) is 5.31. The summed E-state index contributed by atoms with van der Waals surface area (Å²) in [6, 6.07) is 8.12. The molecular formula is C24H31FN3O9P. The molecule has 7 atom stereocenters. The van der Waals surface area contributed by atoms with Crippen LogP contribution in [0, 0.1) is 11.3 Å². The molecule has 1 aliphatic carbocycles. The minimum absolute atomic E-state index is 0.198. The molecule has 0 spiro atoms. The number of ether oxygens (including phenoxy) is 2. The Kier molecular flexibility index (Phi) is 7.70. The van der Waals surface area contributed by atoms with Crippen molar-refractivity contribution in [3.8, 4) is 5.75 Å². The van der Waals surface area contributed by atoms with E-state index in [1.807, 2.05) is 4.98 Å². The molecule has 2 aliphatic rings. The summed E-state index contributed by atoms with van der Waals surface area (Å²) in [5.41, 5.74) is -4.27. The van der Waals surface area contributed by atoms with Gasteiger partial charge in [-0.1, -0.05) is 18.2 Å². The van der Waals surface area contributed by atoms with E-state index in [4.69, 9.17) is 18.5 Å². The van der Waals surface area contributed by atoms with E-state index >= 15 is 4.39 Å². The maximum atomic E-state index is 15.8. The number of halogens is 1. The van der Waals surface area contributed by atoms with Gasteiger partial charge < -0.3 is 19.1 Å². The number of rotatable bonds is 11. The highest BCUT2D eigenvalue weighted by Gasteiger charge is 2.85. The summed E-state index contributed by atoms with van der Waals surface area (Å²) < 4.78 is 52.8. The smallest absolute Gasteiger partial charge is 0.459 e. The van der Waals surface area contributed by atoms with Gasteiger partial charge in [0.25, 0.3) is 5.56 Å². The van der Waals surface area contributed by atoms with Gasteiger partial charge in [0.2, 0.25) is 0 Å². The first kappa shape index (κ1) is 28.2. The summed E-state index contributed by atoms with van der Waals surface area (Å²) in [4.78, 5) is 38.0. The Morgan fingerprint density at radius 1 is 1.26 bits per heavy atom. The number of aliphatic hydroxyl groups is 1. The fraction of sp³-hybridized carbons (Fsp3) is 0.542. The Bertz CT molecular complexity index is 1340. The monoisotopic (exact) mass is 555 g/mol. The van der Waals surface area contributed by atoms with Crippen molar-refractivity contribution in [2.24, 2.45) is 11.3 Å². The lowest BCUT2D eigenvalue weighted by molar-refractivity contribution is -0.149. The zero-order chi connectivity index (χ0) is 27.9. The second-order valence-corrected chi connectivity index (χ2v) is 11.5. The number of fused-ring (bicyclic) bond motifs is 1. The number of carbonyl (C=O) groups excluding carboxylic acids is 1. The Morgan fingerprint density at radius 3 is 2.53 bits per heavy atom. The summed E-state index contributed by atoms with van der Waals surface area (Å²) >= 11 is 0. The number of alkyl halides is 1. The van der Waals surface area contributed by atoms with Crippen molar-refractivity contribution in [2.75, 3.05) is 13.2 Å². The molecule has 4 unspecified atom stereocenters. The number of aromatic nitrogens is 2. The van der Waals surface area contributed by atoms with E-state index in [-0.39, 0.29) is 12.4 Å². The molecule has 38 heavy (non-hydrogen) atoms. The van der Waals surface area contributed by atoms with Gasteiger partial charge in [0, 0.05) is 18.2 Å². The molecule has 0 amide bonds. The van der Waals surface area contributed by atoms with Crippen LogP contribution in [0.25, 0.3) is 0 Å². The zero-order valence-electron chi connectivity index (χ0n) is 21.3. The van der Waals surface area contributed by atoms with Crippen molar-refractivity contribution in [3.63, 3.8) is 0 Å². The predicted octanol–water partition coefficient (Wildman–Crippen LogP) is 1.90. The van der Waals surface area contributed by atoms with Crippen LogP contribution in [0.3, 0.4) is 0 Å². The molecule has 14 heteroatoms. The summed E-state index contributed by atoms with van der Waals surface area (Å²) in [6.07, 6.45) is -2.55. The number of aliphatic hydroxyl groups excluding tert-OH is 1. The number of benzene rings is 1. The molecule has 208 valence electrons. The van der Waals surface area contributed by atoms with Crippen molar-refractivity contribution < 1.29 is 37.4 Å². The van der Waals surface area contributed by atoms with E-state index in [9.17, 15) is 24.1 Å². The first-order valence-electron chi connectivity index (χ1n) is 12.1. The van der Waals surface area contributed by atoms with Gasteiger partial charge in [0.15, 0.2) is 12.4 Å². The van der Waals surface area contributed by atoms with Crippen molar-refractivity contribution >= 4 is 13.7 Å². The van der Waals surface area contributed by atoms with E-state index in [2.05, 4.69) is 5.09 Å². The number of nitrogens with zero attached hydrogens (tertiary/aromatic N) is 1. The molecule has 3 N–H and O–H groups in total. The summed E-state index contributed by atoms with van der Waals surface area (Å²) in [5, 5.41) is 12.8. The van der Waals surface area contributed by atoms with Crippen molar-refractivity contribution in [1.82, 2.24) is 14.6 Å². The fourth-order valence-corrected chi connectivity index (χ4v) is 6.51. The average Bonchev–Trinajstić information content (AvgIpc) is 3.28. The molecule has 4 rings (SSSR count). The molecule has 2 aromatic rings. The number of nitrogens with one attached hydrogen (secondary N) is 2.